The van der Waals surface area contributed by atoms with Crippen molar-refractivity contribution in [1.29, 1.82) is 0 Å². The van der Waals surface area contributed by atoms with Crippen molar-refractivity contribution >= 4 is 5.97 Å². The molecule has 1 unspecified atom stereocenters. The Morgan fingerprint density at radius 2 is 2.15 bits per heavy atom. The van der Waals surface area contributed by atoms with E-state index < -0.39 is 12.0 Å². The van der Waals surface area contributed by atoms with Crippen molar-refractivity contribution in [3.63, 3.8) is 0 Å². The van der Waals surface area contributed by atoms with E-state index in [4.69, 9.17) is 5.11 Å². The van der Waals surface area contributed by atoms with Gasteiger partial charge >= 0.3 is 5.97 Å². The molecule has 0 spiro atoms. The largest absolute Gasteiger partial charge is 0.480 e. The molecule has 1 rings (SSSR count). The van der Waals surface area contributed by atoms with Gasteiger partial charge in [-0.1, -0.05) is 6.92 Å². The van der Waals surface area contributed by atoms with E-state index >= 15 is 0 Å². The highest BCUT2D eigenvalue weighted by Crippen LogP contribution is 2.39. The molecule has 0 aromatic carbocycles. The lowest BCUT2D eigenvalue weighted by molar-refractivity contribution is -0.140. The van der Waals surface area contributed by atoms with Crippen molar-refractivity contribution in [3.05, 3.63) is 0 Å². The summed E-state index contributed by atoms with van der Waals surface area (Å²) in [6.45, 7) is 6.08. The van der Waals surface area contributed by atoms with E-state index in [0.29, 0.717) is 12.3 Å². The molecule has 1 aliphatic carbocycles. The first kappa shape index (κ1) is 10.5. The quantitative estimate of drug-likeness (QED) is 0.684. The van der Waals surface area contributed by atoms with Crippen molar-refractivity contribution in [2.24, 2.45) is 5.92 Å². The lowest BCUT2D eigenvalue weighted by atomic mass is 9.97. The average molecular weight is 185 g/mol. The summed E-state index contributed by atoms with van der Waals surface area (Å²) in [6.07, 6.45) is 3.11. The molecule has 0 bridgehead atoms. The average Bonchev–Trinajstić information content (AvgIpc) is 2.81. The van der Waals surface area contributed by atoms with Gasteiger partial charge in [0.2, 0.25) is 0 Å². The fraction of sp³-hybridized carbons (Fsp3) is 0.900. The van der Waals surface area contributed by atoms with E-state index in [-0.39, 0.29) is 5.54 Å². The molecule has 0 aliphatic heterocycles. The number of carboxylic acids is 1. The highest BCUT2D eigenvalue weighted by atomic mass is 16.4. The summed E-state index contributed by atoms with van der Waals surface area (Å²) in [6, 6.07) is -0.393. The number of aliphatic carboxylic acids is 1. The topological polar surface area (TPSA) is 49.3 Å². The number of hydrogen-bond donors (Lipinski definition) is 2. The number of hydrogen-bond acceptors (Lipinski definition) is 2. The monoisotopic (exact) mass is 185 g/mol. The van der Waals surface area contributed by atoms with Crippen LogP contribution >= 0.6 is 0 Å². The minimum atomic E-state index is -0.740. The van der Waals surface area contributed by atoms with E-state index in [1.165, 1.54) is 12.8 Å². The summed E-state index contributed by atoms with van der Waals surface area (Å²) >= 11 is 0. The van der Waals surface area contributed by atoms with Gasteiger partial charge in [0.05, 0.1) is 0 Å². The second-order valence-electron chi connectivity index (χ2n) is 4.44. The van der Waals surface area contributed by atoms with Crippen LogP contribution < -0.4 is 5.32 Å². The van der Waals surface area contributed by atoms with E-state index in [2.05, 4.69) is 19.2 Å². The Morgan fingerprint density at radius 1 is 1.62 bits per heavy atom. The first-order chi connectivity index (χ1) is 5.97. The Kier molecular flexibility index (Phi) is 2.96. The Morgan fingerprint density at radius 3 is 2.46 bits per heavy atom. The Hall–Kier alpha value is -0.570. The van der Waals surface area contributed by atoms with Crippen LogP contribution in [0.1, 0.15) is 40.0 Å². The Balaban J connectivity index is 2.48. The summed E-state index contributed by atoms with van der Waals surface area (Å²) in [4.78, 5) is 10.8. The minimum Gasteiger partial charge on any atom is -0.480 e. The van der Waals surface area contributed by atoms with Crippen molar-refractivity contribution in [3.8, 4) is 0 Å². The molecular formula is C10H19NO2. The molecule has 1 saturated carbocycles. The Bertz CT molecular complexity index is 197. The molecule has 3 nitrogen and oxygen atoms in total. The molecule has 76 valence electrons. The fourth-order valence-electron chi connectivity index (χ4n) is 1.71. The molecule has 3 heteroatoms. The van der Waals surface area contributed by atoms with Crippen LogP contribution in [0.15, 0.2) is 0 Å². The van der Waals surface area contributed by atoms with Crippen molar-refractivity contribution in [1.82, 2.24) is 5.32 Å². The number of nitrogens with one attached hydrogen (secondary N) is 1. The summed E-state index contributed by atoms with van der Waals surface area (Å²) < 4.78 is 0. The van der Waals surface area contributed by atoms with Gasteiger partial charge in [0.15, 0.2) is 0 Å². The molecule has 0 heterocycles. The van der Waals surface area contributed by atoms with Gasteiger partial charge in [0.1, 0.15) is 6.04 Å². The maximum Gasteiger partial charge on any atom is 0.320 e. The van der Waals surface area contributed by atoms with Gasteiger partial charge in [-0.25, -0.2) is 0 Å². The van der Waals surface area contributed by atoms with E-state index in [1.807, 2.05) is 6.92 Å². The van der Waals surface area contributed by atoms with Gasteiger partial charge in [-0.15, -0.1) is 0 Å². The summed E-state index contributed by atoms with van der Waals surface area (Å²) in [5.74, 6) is -0.0721. The van der Waals surface area contributed by atoms with Crippen molar-refractivity contribution < 1.29 is 9.90 Å². The maximum atomic E-state index is 10.8. The van der Waals surface area contributed by atoms with Crippen LogP contribution in [0, 0.1) is 5.92 Å². The SMILES string of the molecule is CCC(NC(C)(C)C1CC1)C(=O)O. The van der Waals surface area contributed by atoms with E-state index in [0.717, 1.165) is 0 Å². The molecule has 0 saturated heterocycles. The second kappa shape index (κ2) is 3.66. The smallest absolute Gasteiger partial charge is 0.320 e. The second-order valence-corrected chi connectivity index (χ2v) is 4.44. The highest BCUT2D eigenvalue weighted by Gasteiger charge is 2.39. The maximum absolute atomic E-state index is 10.8. The van der Waals surface area contributed by atoms with Crippen LogP contribution in [0.4, 0.5) is 0 Å². The van der Waals surface area contributed by atoms with Gasteiger partial charge in [0, 0.05) is 5.54 Å². The van der Waals surface area contributed by atoms with Crippen molar-refractivity contribution in [2.75, 3.05) is 0 Å². The zero-order chi connectivity index (χ0) is 10.1. The molecule has 0 aromatic heterocycles. The first-order valence-corrected chi connectivity index (χ1v) is 4.98. The third kappa shape index (κ3) is 2.69. The highest BCUT2D eigenvalue weighted by molar-refractivity contribution is 5.73. The standard InChI is InChI=1S/C10H19NO2/c1-4-8(9(12)13)11-10(2,3)7-5-6-7/h7-8,11H,4-6H2,1-3H3,(H,12,13). The normalized spacial score (nSPS) is 19.9. The van der Waals surface area contributed by atoms with Gasteiger partial charge in [-0.3, -0.25) is 10.1 Å². The molecule has 13 heavy (non-hydrogen) atoms. The number of carboxylic acid groups (broad SMARTS) is 1. The van der Waals surface area contributed by atoms with Crippen LogP contribution in [0.3, 0.4) is 0 Å². The first-order valence-electron chi connectivity index (χ1n) is 4.98. The molecule has 1 atom stereocenters. The molecule has 0 amide bonds. The molecular weight excluding hydrogens is 166 g/mol. The lowest BCUT2D eigenvalue weighted by Crippen LogP contribution is -2.50. The zero-order valence-electron chi connectivity index (χ0n) is 8.63. The van der Waals surface area contributed by atoms with Crippen LogP contribution in [-0.2, 0) is 4.79 Å². The van der Waals surface area contributed by atoms with Gasteiger partial charge in [-0.05, 0) is 39.0 Å². The molecule has 0 radical (unpaired) electrons. The zero-order valence-corrected chi connectivity index (χ0v) is 8.63. The molecule has 2 N–H and O–H groups in total. The molecule has 1 aliphatic rings. The van der Waals surface area contributed by atoms with E-state index in [1.54, 1.807) is 0 Å². The summed E-state index contributed by atoms with van der Waals surface area (Å²) in [5.41, 5.74) is -0.0148. The summed E-state index contributed by atoms with van der Waals surface area (Å²) in [5, 5.41) is 12.1. The Labute approximate surface area is 79.5 Å². The van der Waals surface area contributed by atoms with Crippen LogP contribution in [0.5, 0.6) is 0 Å². The molecule has 1 fully saturated rings. The van der Waals surface area contributed by atoms with Crippen LogP contribution in [-0.4, -0.2) is 22.7 Å². The lowest BCUT2D eigenvalue weighted by Gasteiger charge is -2.29. The van der Waals surface area contributed by atoms with Gasteiger partial charge in [0.25, 0.3) is 0 Å². The van der Waals surface area contributed by atoms with Gasteiger partial charge < -0.3 is 5.11 Å². The number of rotatable bonds is 5. The summed E-state index contributed by atoms with van der Waals surface area (Å²) in [7, 11) is 0. The third-order valence-electron chi connectivity index (χ3n) is 2.85. The van der Waals surface area contributed by atoms with Crippen LogP contribution in [0.2, 0.25) is 0 Å². The predicted octanol–water partition coefficient (Wildman–Crippen LogP) is 1.63. The van der Waals surface area contributed by atoms with Crippen molar-refractivity contribution in [2.45, 2.75) is 51.6 Å². The number of carbonyl (C=O) groups is 1. The predicted molar refractivity (Wildman–Crippen MR) is 51.7 cm³/mol. The fourth-order valence-corrected chi connectivity index (χ4v) is 1.71. The molecule has 0 aromatic rings. The van der Waals surface area contributed by atoms with Crippen LogP contribution in [0.25, 0.3) is 0 Å². The van der Waals surface area contributed by atoms with E-state index in [9.17, 15) is 4.79 Å². The minimum absolute atomic E-state index is 0.0148. The third-order valence-corrected chi connectivity index (χ3v) is 2.85. The van der Waals surface area contributed by atoms with Gasteiger partial charge in [-0.2, -0.15) is 0 Å².